The van der Waals surface area contributed by atoms with Crippen molar-refractivity contribution in [3.8, 4) is 5.69 Å². The highest BCUT2D eigenvalue weighted by Gasteiger charge is 2.20. The number of carbonyl (C=O) groups excluding carboxylic acids is 1. The Morgan fingerprint density at radius 3 is 2.56 bits per heavy atom. The number of rotatable bonds is 4. The van der Waals surface area contributed by atoms with E-state index in [-0.39, 0.29) is 22.8 Å². The third kappa shape index (κ3) is 3.23. The van der Waals surface area contributed by atoms with E-state index in [0.29, 0.717) is 6.07 Å². The zero-order valence-electron chi connectivity index (χ0n) is 12.6. The van der Waals surface area contributed by atoms with Crippen molar-refractivity contribution >= 4 is 17.3 Å². The van der Waals surface area contributed by atoms with E-state index in [2.05, 4.69) is 5.32 Å². The molecule has 0 saturated heterocycles. The van der Waals surface area contributed by atoms with E-state index in [0.717, 1.165) is 12.1 Å². The molecule has 0 bridgehead atoms. The molecule has 0 aliphatic carbocycles. The second kappa shape index (κ2) is 6.52. The Morgan fingerprint density at radius 1 is 1.08 bits per heavy atom. The fraction of sp³-hybridized carbons (Fsp3) is 0. The molecule has 1 heterocycles. The maximum Gasteiger partial charge on any atom is 0.293 e. The Balaban J connectivity index is 1.97. The predicted octanol–water partition coefficient (Wildman–Crippen LogP) is 3.92. The van der Waals surface area contributed by atoms with Gasteiger partial charge in [-0.1, -0.05) is 12.1 Å². The first-order valence-corrected chi connectivity index (χ1v) is 7.15. The molecule has 2 aromatic carbocycles. The van der Waals surface area contributed by atoms with Crippen LogP contribution in [0.25, 0.3) is 5.69 Å². The number of halogens is 2. The normalized spacial score (nSPS) is 10.5. The minimum Gasteiger partial charge on any atom is -0.318 e. The van der Waals surface area contributed by atoms with Gasteiger partial charge in [-0.15, -0.1) is 0 Å². The van der Waals surface area contributed by atoms with Crippen LogP contribution in [0.5, 0.6) is 0 Å². The maximum absolute atomic E-state index is 13.7. The molecule has 3 aromatic rings. The number of benzene rings is 2. The number of anilines is 1. The number of hydrogen-bond acceptors (Lipinski definition) is 3. The highest BCUT2D eigenvalue weighted by molar-refractivity contribution is 6.03. The van der Waals surface area contributed by atoms with Crippen molar-refractivity contribution < 1.29 is 18.5 Å². The van der Waals surface area contributed by atoms with Gasteiger partial charge in [0.2, 0.25) is 0 Å². The number of nitrogens with one attached hydrogen (secondary N) is 1. The summed E-state index contributed by atoms with van der Waals surface area (Å²) < 4.78 is 28.0. The number of nitro groups is 1. The molecule has 1 amide bonds. The molecular weight excluding hydrogens is 332 g/mol. The van der Waals surface area contributed by atoms with Crippen molar-refractivity contribution in [3.05, 3.63) is 88.2 Å². The van der Waals surface area contributed by atoms with Crippen molar-refractivity contribution in [2.45, 2.75) is 0 Å². The van der Waals surface area contributed by atoms with Gasteiger partial charge in [-0.05, 0) is 30.3 Å². The first kappa shape index (κ1) is 16.3. The summed E-state index contributed by atoms with van der Waals surface area (Å²) in [5, 5.41) is 13.5. The van der Waals surface area contributed by atoms with Crippen molar-refractivity contribution in [1.29, 1.82) is 0 Å². The van der Waals surface area contributed by atoms with E-state index < -0.39 is 22.5 Å². The summed E-state index contributed by atoms with van der Waals surface area (Å²) in [6.07, 6.45) is 1.48. The molecule has 0 saturated carbocycles. The van der Waals surface area contributed by atoms with Crippen molar-refractivity contribution in [3.63, 3.8) is 0 Å². The molecule has 0 aliphatic heterocycles. The third-order valence-electron chi connectivity index (χ3n) is 3.50. The number of para-hydroxylation sites is 2. The topological polar surface area (TPSA) is 77.2 Å². The van der Waals surface area contributed by atoms with Crippen molar-refractivity contribution in [1.82, 2.24) is 4.57 Å². The SMILES string of the molecule is O=C(Nc1ccc(F)cc1F)c1cccn1-c1ccccc1[N+](=O)[O-]. The van der Waals surface area contributed by atoms with Crippen LogP contribution < -0.4 is 5.32 Å². The fourth-order valence-corrected chi connectivity index (χ4v) is 2.38. The largest absolute Gasteiger partial charge is 0.318 e. The van der Waals surface area contributed by atoms with Gasteiger partial charge < -0.3 is 9.88 Å². The number of aromatic nitrogens is 1. The van der Waals surface area contributed by atoms with Gasteiger partial charge in [-0.2, -0.15) is 0 Å². The van der Waals surface area contributed by atoms with Crippen LogP contribution in [0.3, 0.4) is 0 Å². The summed E-state index contributed by atoms with van der Waals surface area (Å²) in [5.74, 6) is -2.37. The minimum absolute atomic E-state index is 0.0676. The molecule has 0 radical (unpaired) electrons. The number of hydrogen-bond donors (Lipinski definition) is 1. The molecule has 3 rings (SSSR count). The number of nitro benzene ring substituents is 1. The number of carbonyl (C=O) groups is 1. The van der Waals surface area contributed by atoms with E-state index >= 15 is 0 Å². The number of amides is 1. The van der Waals surface area contributed by atoms with Crippen LogP contribution in [-0.4, -0.2) is 15.4 Å². The molecule has 0 unspecified atom stereocenters. The van der Waals surface area contributed by atoms with Crippen molar-refractivity contribution in [2.24, 2.45) is 0 Å². The van der Waals surface area contributed by atoms with E-state index in [1.54, 1.807) is 6.07 Å². The first-order chi connectivity index (χ1) is 12.0. The fourth-order valence-electron chi connectivity index (χ4n) is 2.38. The Labute approximate surface area is 140 Å². The molecule has 0 aliphatic rings. The minimum atomic E-state index is -0.919. The monoisotopic (exact) mass is 343 g/mol. The van der Waals surface area contributed by atoms with Crippen LogP contribution in [0.15, 0.2) is 60.8 Å². The molecule has 0 fully saturated rings. The van der Waals surface area contributed by atoms with Crippen LogP contribution in [0, 0.1) is 21.7 Å². The lowest BCUT2D eigenvalue weighted by molar-refractivity contribution is -0.384. The van der Waals surface area contributed by atoms with E-state index in [1.165, 1.54) is 41.1 Å². The van der Waals surface area contributed by atoms with Crippen LogP contribution in [0.2, 0.25) is 0 Å². The van der Waals surface area contributed by atoms with Gasteiger partial charge in [0, 0.05) is 18.3 Å². The smallest absolute Gasteiger partial charge is 0.293 e. The van der Waals surface area contributed by atoms with E-state index in [4.69, 9.17) is 0 Å². The molecule has 1 N–H and O–H groups in total. The van der Waals surface area contributed by atoms with Gasteiger partial charge in [-0.3, -0.25) is 14.9 Å². The van der Waals surface area contributed by atoms with Gasteiger partial charge in [0.1, 0.15) is 23.0 Å². The summed E-state index contributed by atoms with van der Waals surface area (Å²) >= 11 is 0. The quantitative estimate of drug-likeness (QED) is 0.576. The average molecular weight is 343 g/mol. The van der Waals surface area contributed by atoms with Crippen molar-refractivity contribution in [2.75, 3.05) is 5.32 Å². The highest BCUT2D eigenvalue weighted by Crippen LogP contribution is 2.25. The van der Waals surface area contributed by atoms with Crippen LogP contribution in [-0.2, 0) is 0 Å². The Morgan fingerprint density at radius 2 is 1.84 bits per heavy atom. The molecular formula is C17H11F2N3O3. The third-order valence-corrected chi connectivity index (χ3v) is 3.50. The molecule has 6 nitrogen and oxygen atoms in total. The first-order valence-electron chi connectivity index (χ1n) is 7.15. The van der Waals surface area contributed by atoms with Gasteiger partial charge >= 0.3 is 0 Å². The maximum atomic E-state index is 13.7. The second-order valence-electron chi connectivity index (χ2n) is 5.09. The molecule has 126 valence electrons. The molecule has 1 aromatic heterocycles. The standard InChI is InChI=1S/C17H11F2N3O3/c18-11-7-8-13(12(19)10-11)20-17(23)16-6-3-9-21(16)14-4-1-2-5-15(14)22(24)25/h1-10H,(H,20,23). The number of nitrogens with zero attached hydrogens (tertiary/aromatic N) is 2. The lowest BCUT2D eigenvalue weighted by Crippen LogP contribution is -2.17. The van der Waals surface area contributed by atoms with E-state index in [9.17, 15) is 23.7 Å². The van der Waals surface area contributed by atoms with Gasteiger partial charge in [-0.25, -0.2) is 8.78 Å². The van der Waals surface area contributed by atoms with Gasteiger partial charge in [0.05, 0.1) is 10.6 Å². The Hall–Kier alpha value is -3.55. The average Bonchev–Trinajstić information content (AvgIpc) is 3.07. The van der Waals surface area contributed by atoms with Gasteiger partial charge in [0.15, 0.2) is 0 Å². The molecule has 0 atom stereocenters. The summed E-state index contributed by atoms with van der Waals surface area (Å²) in [4.78, 5) is 23.0. The summed E-state index contributed by atoms with van der Waals surface area (Å²) in [7, 11) is 0. The zero-order chi connectivity index (χ0) is 18.0. The summed E-state index contributed by atoms with van der Waals surface area (Å²) in [6, 6.07) is 11.7. The Bertz CT molecular complexity index is 969. The summed E-state index contributed by atoms with van der Waals surface area (Å²) in [5.41, 5.74) is -0.109. The van der Waals surface area contributed by atoms with Crippen LogP contribution >= 0.6 is 0 Å². The lowest BCUT2D eigenvalue weighted by Gasteiger charge is -2.10. The zero-order valence-corrected chi connectivity index (χ0v) is 12.6. The highest BCUT2D eigenvalue weighted by atomic mass is 19.1. The Kier molecular flexibility index (Phi) is 4.25. The van der Waals surface area contributed by atoms with E-state index in [1.807, 2.05) is 0 Å². The lowest BCUT2D eigenvalue weighted by atomic mass is 10.2. The molecule has 0 spiro atoms. The van der Waals surface area contributed by atoms with Crippen LogP contribution in [0.1, 0.15) is 10.5 Å². The molecule has 8 heteroatoms. The van der Waals surface area contributed by atoms with Crippen LogP contribution in [0.4, 0.5) is 20.2 Å². The summed E-state index contributed by atoms with van der Waals surface area (Å²) in [6.45, 7) is 0. The molecule has 25 heavy (non-hydrogen) atoms. The second-order valence-corrected chi connectivity index (χ2v) is 5.09. The van der Waals surface area contributed by atoms with Gasteiger partial charge in [0.25, 0.3) is 11.6 Å². The predicted molar refractivity (Wildman–Crippen MR) is 86.7 cm³/mol.